The molecule has 0 amide bonds. The molecule has 1 aliphatic carbocycles. The van der Waals surface area contributed by atoms with Crippen LogP contribution < -0.4 is 0 Å². The van der Waals surface area contributed by atoms with E-state index >= 15 is 0 Å². The molecule has 0 radical (unpaired) electrons. The van der Waals surface area contributed by atoms with Gasteiger partial charge in [-0.15, -0.1) is 11.3 Å². The van der Waals surface area contributed by atoms with E-state index in [9.17, 15) is 0 Å². The van der Waals surface area contributed by atoms with Gasteiger partial charge in [-0.05, 0) is 24.3 Å². The molecule has 84 valence electrons. The van der Waals surface area contributed by atoms with E-state index in [0.29, 0.717) is 0 Å². The first-order valence-electron chi connectivity index (χ1n) is 5.72. The molecule has 1 heterocycles. The van der Waals surface area contributed by atoms with Crippen molar-refractivity contribution in [3.8, 4) is 0 Å². The van der Waals surface area contributed by atoms with Crippen LogP contribution in [0.2, 0.25) is 0 Å². The molecule has 3 heteroatoms. The maximum Gasteiger partial charge on any atom is 0.0331 e. The Morgan fingerprint density at radius 1 is 1.40 bits per heavy atom. The van der Waals surface area contributed by atoms with Gasteiger partial charge >= 0.3 is 0 Å². The molecule has 0 aliphatic heterocycles. The predicted octanol–water partition coefficient (Wildman–Crippen LogP) is 3.89. The van der Waals surface area contributed by atoms with Crippen LogP contribution in [0.1, 0.15) is 30.6 Å². The number of alkyl halides is 1. The number of hydrogen-bond acceptors (Lipinski definition) is 2. The Hall–Kier alpha value is 0.140. The third-order valence-electron chi connectivity index (χ3n) is 3.15. The molecular formula is C12H18BrNS. The Kier molecular flexibility index (Phi) is 4.66. The zero-order valence-electron chi connectivity index (χ0n) is 8.99. The second kappa shape index (κ2) is 6.02. The van der Waals surface area contributed by atoms with E-state index in [1.54, 1.807) is 0 Å². The van der Waals surface area contributed by atoms with Gasteiger partial charge in [0, 0.05) is 29.3 Å². The minimum atomic E-state index is 0.838. The highest BCUT2D eigenvalue weighted by atomic mass is 79.9. The summed E-state index contributed by atoms with van der Waals surface area (Å²) in [5.41, 5.74) is 0. The summed E-state index contributed by atoms with van der Waals surface area (Å²) < 4.78 is 0. The van der Waals surface area contributed by atoms with Crippen molar-refractivity contribution in [2.45, 2.75) is 38.3 Å². The van der Waals surface area contributed by atoms with E-state index in [1.807, 2.05) is 11.3 Å². The Morgan fingerprint density at radius 3 is 2.80 bits per heavy atom. The van der Waals surface area contributed by atoms with E-state index in [0.717, 1.165) is 17.9 Å². The van der Waals surface area contributed by atoms with E-state index < -0.39 is 0 Å². The molecule has 0 N–H and O–H groups in total. The first-order chi connectivity index (χ1) is 7.40. The van der Waals surface area contributed by atoms with Crippen molar-refractivity contribution in [2.24, 2.45) is 0 Å². The normalized spacial score (nSPS) is 17.7. The smallest absolute Gasteiger partial charge is 0.0331 e. The van der Waals surface area contributed by atoms with Gasteiger partial charge in [0.2, 0.25) is 0 Å². The van der Waals surface area contributed by atoms with Gasteiger partial charge in [-0.3, -0.25) is 4.90 Å². The van der Waals surface area contributed by atoms with Crippen molar-refractivity contribution in [1.29, 1.82) is 0 Å². The summed E-state index contributed by atoms with van der Waals surface area (Å²) in [7, 11) is 0. The lowest BCUT2D eigenvalue weighted by molar-refractivity contribution is 0.204. The summed E-state index contributed by atoms with van der Waals surface area (Å²) in [6, 6.07) is 5.24. The average molecular weight is 288 g/mol. The zero-order valence-corrected chi connectivity index (χ0v) is 11.4. The summed E-state index contributed by atoms with van der Waals surface area (Å²) in [6.45, 7) is 2.33. The van der Waals surface area contributed by atoms with Crippen molar-refractivity contribution in [2.75, 3.05) is 11.9 Å². The molecule has 1 saturated carbocycles. The largest absolute Gasteiger partial charge is 0.294 e. The average Bonchev–Trinajstić information content (AvgIpc) is 2.89. The third-order valence-corrected chi connectivity index (χ3v) is 4.37. The van der Waals surface area contributed by atoms with Crippen LogP contribution in [0, 0.1) is 0 Å². The maximum atomic E-state index is 3.56. The fraction of sp³-hybridized carbons (Fsp3) is 0.667. The van der Waals surface area contributed by atoms with E-state index in [2.05, 4.69) is 38.3 Å². The zero-order chi connectivity index (χ0) is 10.5. The number of hydrogen-bond donors (Lipinski definition) is 0. The molecule has 1 aliphatic rings. The molecule has 0 unspecified atom stereocenters. The lowest BCUT2D eigenvalue weighted by atomic mass is 10.2. The van der Waals surface area contributed by atoms with Gasteiger partial charge < -0.3 is 0 Å². The molecule has 1 aromatic heterocycles. The number of thiophene rings is 1. The minimum Gasteiger partial charge on any atom is -0.294 e. The van der Waals surface area contributed by atoms with E-state index in [-0.39, 0.29) is 0 Å². The van der Waals surface area contributed by atoms with Gasteiger partial charge in [0.15, 0.2) is 0 Å². The Balaban J connectivity index is 1.93. The van der Waals surface area contributed by atoms with Gasteiger partial charge in [-0.1, -0.05) is 34.8 Å². The predicted molar refractivity (Wildman–Crippen MR) is 70.8 cm³/mol. The molecule has 1 aromatic rings. The molecule has 0 bridgehead atoms. The van der Waals surface area contributed by atoms with Crippen LogP contribution in [0.5, 0.6) is 0 Å². The molecule has 0 saturated heterocycles. The van der Waals surface area contributed by atoms with Gasteiger partial charge in [0.05, 0.1) is 0 Å². The Labute approximate surface area is 105 Å². The first kappa shape index (κ1) is 11.6. The fourth-order valence-corrected chi connectivity index (χ4v) is 3.56. The summed E-state index contributed by atoms with van der Waals surface area (Å²) >= 11 is 5.44. The van der Waals surface area contributed by atoms with Gasteiger partial charge in [0.25, 0.3) is 0 Å². The summed E-state index contributed by atoms with van der Waals surface area (Å²) in [5.74, 6) is 0. The molecule has 0 atom stereocenters. The van der Waals surface area contributed by atoms with Gasteiger partial charge in [-0.25, -0.2) is 0 Å². The lowest BCUT2D eigenvalue weighted by Gasteiger charge is -2.27. The topological polar surface area (TPSA) is 3.24 Å². The monoisotopic (exact) mass is 287 g/mol. The van der Waals surface area contributed by atoms with Crippen LogP contribution in [0.25, 0.3) is 0 Å². The molecule has 15 heavy (non-hydrogen) atoms. The van der Waals surface area contributed by atoms with Crippen molar-refractivity contribution in [3.05, 3.63) is 22.4 Å². The minimum absolute atomic E-state index is 0.838. The molecular weight excluding hydrogens is 270 g/mol. The Bertz CT molecular complexity index is 267. The fourth-order valence-electron chi connectivity index (χ4n) is 2.37. The van der Waals surface area contributed by atoms with Crippen molar-refractivity contribution in [3.63, 3.8) is 0 Å². The number of rotatable bonds is 5. The molecule has 2 rings (SSSR count). The molecule has 0 spiro atoms. The summed E-state index contributed by atoms with van der Waals surface area (Å²) in [5, 5.41) is 3.27. The Morgan fingerprint density at radius 2 is 2.20 bits per heavy atom. The highest BCUT2D eigenvalue weighted by molar-refractivity contribution is 9.09. The highest BCUT2D eigenvalue weighted by Crippen LogP contribution is 2.25. The number of nitrogens with zero attached hydrogens (tertiary/aromatic N) is 1. The first-order valence-corrected chi connectivity index (χ1v) is 7.72. The molecule has 0 aromatic carbocycles. The quantitative estimate of drug-likeness (QED) is 0.743. The summed E-state index contributed by atoms with van der Waals surface area (Å²) in [4.78, 5) is 4.15. The van der Waals surface area contributed by atoms with Crippen LogP contribution in [0.4, 0.5) is 0 Å². The van der Waals surface area contributed by atoms with Crippen LogP contribution in [-0.4, -0.2) is 22.8 Å². The maximum absolute atomic E-state index is 3.56. The standard InChI is InChI=1S/C12H18BrNS/c13-7-8-14(11-4-1-2-5-11)10-12-6-3-9-15-12/h3,6,9,11H,1-2,4-5,7-8,10H2. The SMILES string of the molecule is BrCCN(Cc1cccs1)C1CCCC1. The second-order valence-corrected chi connectivity index (χ2v) is 6.00. The lowest BCUT2D eigenvalue weighted by Crippen LogP contribution is -2.33. The molecule has 1 fully saturated rings. The van der Waals surface area contributed by atoms with Crippen molar-refractivity contribution < 1.29 is 0 Å². The summed E-state index contributed by atoms with van der Waals surface area (Å²) in [6.07, 6.45) is 5.65. The van der Waals surface area contributed by atoms with Gasteiger partial charge in [0.1, 0.15) is 0 Å². The van der Waals surface area contributed by atoms with Crippen LogP contribution in [0.3, 0.4) is 0 Å². The van der Waals surface area contributed by atoms with Crippen molar-refractivity contribution in [1.82, 2.24) is 4.90 Å². The van der Waals surface area contributed by atoms with Crippen LogP contribution in [0.15, 0.2) is 17.5 Å². The third kappa shape index (κ3) is 3.30. The second-order valence-electron chi connectivity index (χ2n) is 4.18. The van der Waals surface area contributed by atoms with Gasteiger partial charge in [-0.2, -0.15) is 0 Å². The van der Waals surface area contributed by atoms with Crippen LogP contribution in [-0.2, 0) is 6.54 Å². The highest BCUT2D eigenvalue weighted by Gasteiger charge is 2.22. The molecule has 1 nitrogen and oxygen atoms in total. The van der Waals surface area contributed by atoms with E-state index in [1.165, 1.54) is 37.1 Å². The van der Waals surface area contributed by atoms with E-state index in [4.69, 9.17) is 0 Å². The van der Waals surface area contributed by atoms with Crippen LogP contribution >= 0.6 is 27.3 Å². The van der Waals surface area contributed by atoms with Crippen molar-refractivity contribution >= 4 is 27.3 Å². The number of halogens is 1.